The van der Waals surface area contributed by atoms with Gasteiger partial charge in [-0.25, -0.2) is 4.79 Å². The van der Waals surface area contributed by atoms with Gasteiger partial charge in [-0.1, -0.05) is 49.7 Å². The lowest BCUT2D eigenvalue weighted by molar-refractivity contribution is -0.119. The average Bonchev–Trinajstić information content (AvgIpc) is 3.57. The summed E-state index contributed by atoms with van der Waals surface area (Å²) in [4.78, 5) is 30.7. The van der Waals surface area contributed by atoms with Crippen LogP contribution in [0.15, 0.2) is 42.5 Å². The van der Waals surface area contributed by atoms with E-state index in [-0.39, 0.29) is 24.3 Å². The minimum Gasteiger partial charge on any atom is -0.465 e. The molecule has 2 atom stereocenters. The Hall–Kier alpha value is -3.41. The largest absolute Gasteiger partial charge is 0.465 e. The smallest absolute Gasteiger partial charge is 0.408 e. The molecule has 1 aromatic heterocycles. The molecule has 0 radical (unpaired) electrons. The van der Waals surface area contributed by atoms with Crippen molar-refractivity contribution in [2.24, 2.45) is 17.6 Å². The van der Waals surface area contributed by atoms with Crippen LogP contribution in [0.3, 0.4) is 0 Å². The lowest BCUT2D eigenvalue weighted by Gasteiger charge is -2.34. The highest BCUT2D eigenvalue weighted by molar-refractivity contribution is 5.97. The number of nitrogens with two attached hydrogens (primary N) is 1. The van der Waals surface area contributed by atoms with Crippen molar-refractivity contribution >= 4 is 22.9 Å². The normalized spacial score (nSPS) is 17.4. The first kappa shape index (κ1) is 25.7. The summed E-state index contributed by atoms with van der Waals surface area (Å²) in [5, 5.41) is 11.1. The lowest BCUT2D eigenvalue weighted by atomic mass is 9.89. The predicted octanol–water partition coefficient (Wildman–Crippen LogP) is 6.28. The molecule has 36 heavy (non-hydrogen) atoms. The third kappa shape index (κ3) is 5.23. The van der Waals surface area contributed by atoms with Crippen LogP contribution in [-0.2, 0) is 17.8 Å². The Bertz CT molecular complexity index is 1310. The van der Waals surface area contributed by atoms with E-state index in [9.17, 15) is 14.7 Å². The third-order valence-electron chi connectivity index (χ3n) is 7.08. The van der Waals surface area contributed by atoms with Crippen LogP contribution >= 0.6 is 0 Å². The lowest BCUT2D eigenvalue weighted by Crippen LogP contribution is -2.44. The molecular formula is C30H37N3O3. The molecule has 0 saturated heterocycles. The van der Waals surface area contributed by atoms with E-state index in [1.807, 2.05) is 26.8 Å². The molecule has 2 unspecified atom stereocenters. The van der Waals surface area contributed by atoms with Crippen molar-refractivity contribution in [3.63, 3.8) is 0 Å². The summed E-state index contributed by atoms with van der Waals surface area (Å²) in [5.74, 6) is 0.102. The van der Waals surface area contributed by atoms with Crippen LogP contribution in [-0.4, -0.2) is 32.5 Å². The van der Waals surface area contributed by atoms with Crippen molar-refractivity contribution < 1.29 is 14.7 Å². The minimum atomic E-state index is -0.955. The summed E-state index contributed by atoms with van der Waals surface area (Å²) in [5.41, 5.74) is 12.0. The quantitative estimate of drug-likeness (QED) is 0.410. The van der Waals surface area contributed by atoms with E-state index >= 15 is 0 Å². The van der Waals surface area contributed by atoms with Gasteiger partial charge in [-0.3, -0.25) is 14.7 Å². The van der Waals surface area contributed by atoms with Crippen molar-refractivity contribution in [1.82, 2.24) is 9.88 Å². The summed E-state index contributed by atoms with van der Waals surface area (Å²) in [7, 11) is 0. The zero-order chi connectivity index (χ0) is 26.4. The minimum absolute atomic E-state index is 0.124. The van der Waals surface area contributed by atoms with E-state index < -0.39 is 11.6 Å². The Morgan fingerprint density at radius 1 is 1.14 bits per heavy atom. The Labute approximate surface area is 213 Å². The Kier molecular flexibility index (Phi) is 6.82. The van der Waals surface area contributed by atoms with Gasteiger partial charge in [0.2, 0.25) is 5.91 Å². The molecule has 1 aliphatic carbocycles. The molecule has 1 fully saturated rings. The molecule has 6 heteroatoms. The van der Waals surface area contributed by atoms with E-state index in [1.165, 1.54) is 4.90 Å². The van der Waals surface area contributed by atoms with Gasteiger partial charge in [0.25, 0.3) is 0 Å². The van der Waals surface area contributed by atoms with E-state index in [0.717, 1.165) is 57.3 Å². The molecule has 3 N–H and O–H groups in total. The highest BCUT2D eigenvalue weighted by Gasteiger charge is 2.42. The molecule has 1 aliphatic rings. The molecule has 2 amide bonds. The summed E-state index contributed by atoms with van der Waals surface area (Å²) >= 11 is 0. The van der Waals surface area contributed by atoms with E-state index in [4.69, 9.17) is 10.7 Å². The van der Waals surface area contributed by atoms with Crippen molar-refractivity contribution in [3.05, 3.63) is 64.8 Å². The number of nitrogens with zero attached hydrogens (tertiary/aromatic N) is 2. The molecule has 1 heterocycles. The highest BCUT2D eigenvalue weighted by Crippen LogP contribution is 2.48. The molecule has 0 aliphatic heterocycles. The van der Waals surface area contributed by atoms with Crippen LogP contribution in [0.4, 0.5) is 4.79 Å². The van der Waals surface area contributed by atoms with Crippen molar-refractivity contribution in [3.8, 4) is 11.1 Å². The number of rotatable bonds is 7. The Morgan fingerprint density at radius 3 is 2.33 bits per heavy atom. The summed E-state index contributed by atoms with van der Waals surface area (Å²) in [6.07, 6.45) is 0.558. The second kappa shape index (κ2) is 9.57. The van der Waals surface area contributed by atoms with Crippen molar-refractivity contribution in [2.75, 3.05) is 0 Å². The molecule has 190 valence electrons. The maximum absolute atomic E-state index is 12.4. The molecule has 4 rings (SSSR count). The van der Waals surface area contributed by atoms with Crippen LogP contribution in [0, 0.1) is 18.8 Å². The molecule has 0 bridgehead atoms. The number of aryl methyl sites for hydroxylation is 1. The van der Waals surface area contributed by atoms with Crippen LogP contribution in [0.1, 0.15) is 69.3 Å². The first-order chi connectivity index (χ1) is 16.9. The molecular weight excluding hydrogens is 450 g/mol. The van der Waals surface area contributed by atoms with Gasteiger partial charge in [0.1, 0.15) is 0 Å². The first-order valence-corrected chi connectivity index (χ1v) is 12.7. The number of hydrogen-bond acceptors (Lipinski definition) is 3. The average molecular weight is 488 g/mol. The van der Waals surface area contributed by atoms with Crippen LogP contribution in [0.2, 0.25) is 0 Å². The number of fused-ring (bicyclic) bond motifs is 1. The fourth-order valence-corrected chi connectivity index (χ4v) is 5.01. The maximum atomic E-state index is 12.4. The van der Waals surface area contributed by atoms with Crippen molar-refractivity contribution in [1.29, 1.82) is 0 Å². The summed E-state index contributed by atoms with van der Waals surface area (Å²) < 4.78 is 0. The van der Waals surface area contributed by atoms with Crippen LogP contribution in [0.5, 0.6) is 0 Å². The SMILES string of the molecule is Cc1ccc(-c2c(CN(C(=O)O)C(C)(C)C)c(CC(C)C)nc3ccc(C4CC4C(N)=O)cc23)cc1. The summed E-state index contributed by atoms with van der Waals surface area (Å²) in [6.45, 7) is 12.3. The van der Waals surface area contributed by atoms with E-state index in [1.54, 1.807) is 0 Å². The van der Waals surface area contributed by atoms with Crippen LogP contribution in [0.25, 0.3) is 22.0 Å². The Balaban J connectivity index is 2.00. The number of hydrogen-bond donors (Lipinski definition) is 2. The molecule has 2 aromatic carbocycles. The number of primary amides is 1. The van der Waals surface area contributed by atoms with Gasteiger partial charge >= 0.3 is 6.09 Å². The van der Waals surface area contributed by atoms with E-state index in [0.29, 0.717) is 5.92 Å². The van der Waals surface area contributed by atoms with E-state index in [2.05, 4.69) is 57.2 Å². The zero-order valence-electron chi connectivity index (χ0n) is 22.1. The molecule has 0 spiro atoms. The number of amides is 2. The fraction of sp³-hybridized carbons (Fsp3) is 0.433. The number of carbonyl (C=O) groups is 2. The third-order valence-corrected chi connectivity index (χ3v) is 7.08. The molecule has 6 nitrogen and oxygen atoms in total. The van der Waals surface area contributed by atoms with Gasteiger partial charge in [-0.05, 0) is 81.2 Å². The van der Waals surface area contributed by atoms with Gasteiger partial charge in [0, 0.05) is 28.1 Å². The Morgan fingerprint density at radius 2 is 1.81 bits per heavy atom. The number of pyridine rings is 1. The van der Waals surface area contributed by atoms with Crippen molar-refractivity contribution in [2.45, 2.75) is 72.4 Å². The summed E-state index contributed by atoms with van der Waals surface area (Å²) in [6, 6.07) is 14.6. The molecule has 1 saturated carbocycles. The second-order valence-corrected chi connectivity index (χ2v) is 11.5. The maximum Gasteiger partial charge on any atom is 0.408 e. The van der Waals surface area contributed by atoms with Gasteiger partial charge in [-0.2, -0.15) is 0 Å². The van der Waals surface area contributed by atoms with Crippen LogP contribution < -0.4 is 5.73 Å². The number of benzene rings is 2. The first-order valence-electron chi connectivity index (χ1n) is 12.7. The number of carbonyl (C=O) groups excluding carboxylic acids is 1. The van der Waals surface area contributed by atoms with Gasteiger partial charge in [0.15, 0.2) is 0 Å². The van der Waals surface area contributed by atoms with Gasteiger partial charge in [0.05, 0.1) is 12.1 Å². The topological polar surface area (TPSA) is 96.5 Å². The van der Waals surface area contributed by atoms with Gasteiger partial charge in [-0.15, -0.1) is 0 Å². The molecule has 3 aromatic rings. The fourth-order valence-electron chi connectivity index (χ4n) is 5.01. The monoisotopic (exact) mass is 487 g/mol. The number of aromatic nitrogens is 1. The zero-order valence-corrected chi connectivity index (χ0v) is 22.1. The predicted molar refractivity (Wildman–Crippen MR) is 144 cm³/mol. The second-order valence-electron chi connectivity index (χ2n) is 11.5. The standard InChI is InChI=1S/C30H37N3O3/c1-17(2)13-26-24(16-33(29(35)36)30(4,5)6)27(19-9-7-18(3)8-10-19)23-14-20(11-12-25(23)32-26)21-15-22(21)28(31)34/h7-12,14,17,21-22H,13,15-16H2,1-6H3,(H2,31,34)(H,35,36). The highest BCUT2D eigenvalue weighted by atomic mass is 16.4. The number of carboxylic acid groups (broad SMARTS) is 1. The van der Waals surface area contributed by atoms with Gasteiger partial charge < -0.3 is 10.8 Å².